The van der Waals surface area contributed by atoms with Gasteiger partial charge in [0.25, 0.3) is 5.91 Å². The molecule has 3 rings (SSSR count). The Morgan fingerprint density at radius 2 is 2.23 bits per heavy atom. The molecule has 0 aliphatic rings. The van der Waals surface area contributed by atoms with E-state index in [0.717, 1.165) is 0 Å². The minimum Gasteiger partial charge on any atom is -0.494 e. The Kier molecular flexibility index (Phi) is 3.76. The topological polar surface area (TPSA) is 55.6 Å². The molecular formula is C14H11F2N3O2S. The van der Waals surface area contributed by atoms with Gasteiger partial charge in [-0.1, -0.05) is 6.07 Å². The number of benzene rings is 1. The van der Waals surface area contributed by atoms with Gasteiger partial charge in [-0.3, -0.25) is 9.20 Å². The highest BCUT2D eigenvalue weighted by Gasteiger charge is 2.16. The smallest absolute Gasteiger partial charge is 0.271 e. The van der Waals surface area contributed by atoms with Gasteiger partial charge in [0.05, 0.1) is 7.11 Å². The molecule has 8 heteroatoms. The van der Waals surface area contributed by atoms with Crippen LogP contribution < -0.4 is 10.1 Å². The standard InChI is InChI=1S/C14H11F2N3O2S/c1-21-10-3-2-8(11(15)12(10)16)6-17-13(20)9-7-19-4-5-22-14(19)18-9/h2-5,7H,6H2,1H3,(H,17,20). The van der Waals surface area contributed by atoms with E-state index >= 15 is 0 Å². The fourth-order valence-corrected chi connectivity index (χ4v) is 2.67. The van der Waals surface area contributed by atoms with Crippen molar-refractivity contribution in [3.63, 3.8) is 0 Å². The number of aromatic nitrogens is 2. The molecule has 0 radical (unpaired) electrons. The lowest BCUT2D eigenvalue weighted by atomic mass is 10.2. The molecule has 5 nitrogen and oxygen atoms in total. The number of halogens is 2. The fraction of sp³-hybridized carbons (Fsp3) is 0.143. The van der Waals surface area contributed by atoms with Gasteiger partial charge in [-0.2, -0.15) is 4.39 Å². The molecule has 0 unspecified atom stereocenters. The second-order valence-electron chi connectivity index (χ2n) is 4.46. The molecule has 0 aliphatic carbocycles. The number of thiazole rings is 1. The third kappa shape index (κ3) is 2.52. The predicted octanol–water partition coefficient (Wildman–Crippen LogP) is 2.61. The minimum absolute atomic E-state index is 0.0349. The first kappa shape index (κ1) is 14.5. The van der Waals surface area contributed by atoms with Crippen molar-refractivity contribution >= 4 is 22.2 Å². The van der Waals surface area contributed by atoms with Gasteiger partial charge in [0.2, 0.25) is 5.82 Å². The Balaban J connectivity index is 1.73. The molecule has 2 heterocycles. The van der Waals surface area contributed by atoms with Crippen molar-refractivity contribution in [3.8, 4) is 5.75 Å². The minimum atomic E-state index is -1.07. The molecule has 0 bridgehead atoms. The highest BCUT2D eigenvalue weighted by molar-refractivity contribution is 7.15. The van der Waals surface area contributed by atoms with Crippen LogP contribution in [0, 0.1) is 11.6 Å². The first-order chi connectivity index (χ1) is 10.6. The van der Waals surface area contributed by atoms with Crippen LogP contribution >= 0.6 is 11.3 Å². The fourth-order valence-electron chi connectivity index (χ4n) is 1.97. The molecule has 0 aliphatic heterocycles. The summed E-state index contributed by atoms with van der Waals surface area (Å²) in [6.45, 7) is -0.142. The van der Waals surface area contributed by atoms with Crippen LogP contribution in [0.1, 0.15) is 16.1 Å². The van der Waals surface area contributed by atoms with Crippen LogP contribution in [0.4, 0.5) is 8.78 Å². The van der Waals surface area contributed by atoms with E-state index in [9.17, 15) is 13.6 Å². The molecule has 0 atom stereocenters. The first-order valence-electron chi connectivity index (χ1n) is 6.31. The summed E-state index contributed by atoms with van der Waals surface area (Å²) >= 11 is 1.40. The predicted molar refractivity (Wildman–Crippen MR) is 77.1 cm³/mol. The van der Waals surface area contributed by atoms with E-state index in [2.05, 4.69) is 15.0 Å². The van der Waals surface area contributed by atoms with Gasteiger partial charge in [0, 0.05) is 29.9 Å². The van der Waals surface area contributed by atoms with Crippen LogP contribution in [0.25, 0.3) is 4.96 Å². The van der Waals surface area contributed by atoms with Crippen molar-refractivity contribution in [1.29, 1.82) is 0 Å². The molecule has 114 valence electrons. The maximum absolute atomic E-state index is 13.8. The Labute approximate surface area is 128 Å². The van der Waals surface area contributed by atoms with Gasteiger partial charge < -0.3 is 10.1 Å². The van der Waals surface area contributed by atoms with Gasteiger partial charge in [-0.05, 0) is 6.07 Å². The second-order valence-corrected chi connectivity index (χ2v) is 5.33. The van der Waals surface area contributed by atoms with E-state index in [1.807, 2.05) is 5.38 Å². The normalized spacial score (nSPS) is 10.9. The summed E-state index contributed by atoms with van der Waals surface area (Å²) in [5.41, 5.74) is 0.258. The number of amides is 1. The number of ether oxygens (including phenoxy) is 1. The van der Waals surface area contributed by atoms with E-state index in [-0.39, 0.29) is 23.6 Å². The van der Waals surface area contributed by atoms with E-state index in [1.54, 1.807) is 16.8 Å². The number of rotatable bonds is 4. The number of fused-ring (bicyclic) bond motifs is 1. The average molecular weight is 323 g/mol. The van der Waals surface area contributed by atoms with Crippen LogP contribution in [0.3, 0.4) is 0 Å². The van der Waals surface area contributed by atoms with Gasteiger partial charge in [-0.25, -0.2) is 9.37 Å². The van der Waals surface area contributed by atoms with Gasteiger partial charge >= 0.3 is 0 Å². The quantitative estimate of drug-likeness (QED) is 0.803. The third-order valence-electron chi connectivity index (χ3n) is 3.11. The Bertz CT molecular complexity index is 815. The molecule has 0 spiro atoms. The molecule has 22 heavy (non-hydrogen) atoms. The van der Waals surface area contributed by atoms with E-state index in [4.69, 9.17) is 0 Å². The molecule has 0 saturated heterocycles. The highest BCUT2D eigenvalue weighted by Crippen LogP contribution is 2.22. The summed E-state index contributed by atoms with van der Waals surface area (Å²) in [5, 5.41) is 4.36. The van der Waals surface area contributed by atoms with Crippen molar-refractivity contribution in [1.82, 2.24) is 14.7 Å². The van der Waals surface area contributed by atoms with E-state index in [1.165, 1.54) is 30.6 Å². The molecule has 3 aromatic rings. The number of nitrogens with zero attached hydrogens (tertiary/aromatic N) is 2. The number of carbonyl (C=O) groups is 1. The maximum atomic E-state index is 13.8. The van der Waals surface area contributed by atoms with Crippen molar-refractivity contribution in [3.05, 3.63) is 52.8 Å². The number of imidazole rings is 1. The van der Waals surface area contributed by atoms with Crippen molar-refractivity contribution < 1.29 is 18.3 Å². The molecule has 1 aromatic carbocycles. The van der Waals surface area contributed by atoms with Crippen LogP contribution in [0.5, 0.6) is 5.75 Å². The summed E-state index contributed by atoms with van der Waals surface area (Å²) < 4.78 is 33.8. The van der Waals surface area contributed by atoms with Gasteiger partial charge in [0.15, 0.2) is 16.5 Å². The number of nitrogens with one attached hydrogen (secondary N) is 1. The number of methoxy groups -OCH3 is 1. The lowest BCUT2D eigenvalue weighted by Gasteiger charge is -2.08. The largest absolute Gasteiger partial charge is 0.494 e. The van der Waals surface area contributed by atoms with Crippen molar-refractivity contribution in [2.75, 3.05) is 7.11 Å². The lowest BCUT2D eigenvalue weighted by molar-refractivity contribution is 0.0946. The Morgan fingerprint density at radius 3 is 2.95 bits per heavy atom. The molecule has 2 aromatic heterocycles. The third-order valence-corrected chi connectivity index (χ3v) is 3.88. The molecular weight excluding hydrogens is 312 g/mol. The van der Waals surface area contributed by atoms with Gasteiger partial charge in [-0.15, -0.1) is 11.3 Å². The Morgan fingerprint density at radius 1 is 1.41 bits per heavy atom. The summed E-state index contributed by atoms with van der Waals surface area (Å²) in [5.74, 6) is -2.74. The van der Waals surface area contributed by atoms with Crippen molar-refractivity contribution in [2.24, 2.45) is 0 Å². The van der Waals surface area contributed by atoms with Gasteiger partial charge in [0.1, 0.15) is 5.69 Å². The monoisotopic (exact) mass is 323 g/mol. The summed E-state index contributed by atoms with van der Waals surface area (Å²) in [6, 6.07) is 2.68. The zero-order valence-electron chi connectivity index (χ0n) is 11.5. The molecule has 0 fully saturated rings. The summed E-state index contributed by atoms with van der Waals surface area (Å²) in [4.78, 5) is 16.8. The lowest BCUT2D eigenvalue weighted by Crippen LogP contribution is -2.23. The van der Waals surface area contributed by atoms with Crippen LogP contribution in [-0.2, 0) is 6.54 Å². The zero-order valence-corrected chi connectivity index (χ0v) is 12.3. The zero-order chi connectivity index (χ0) is 15.7. The SMILES string of the molecule is COc1ccc(CNC(=O)c2cn3ccsc3n2)c(F)c1F. The number of carbonyl (C=O) groups excluding carboxylic acids is 1. The Hall–Kier alpha value is -2.48. The molecule has 1 N–H and O–H groups in total. The summed E-state index contributed by atoms with van der Waals surface area (Å²) in [6.07, 6.45) is 3.36. The molecule has 1 amide bonds. The average Bonchev–Trinajstić information content (AvgIpc) is 3.10. The summed E-state index contributed by atoms with van der Waals surface area (Å²) in [7, 11) is 1.25. The first-order valence-corrected chi connectivity index (χ1v) is 7.19. The van der Waals surface area contributed by atoms with Crippen molar-refractivity contribution in [2.45, 2.75) is 6.54 Å². The second kappa shape index (κ2) is 5.72. The van der Waals surface area contributed by atoms with E-state index in [0.29, 0.717) is 4.96 Å². The van der Waals surface area contributed by atoms with E-state index < -0.39 is 17.5 Å². The van der Waals surface area contributed by atoms with Crippen LogP contribution in [0.15, 0.2) is 29.9 Å². The number of hydrogen-bond donors (Lipinski definition) is 1. The molecule has 0 saturated carbocycles. The number of hydrogen-bond acceptors (Lipinski definition) is 4. The van der Waals surface area contributed by atoms with Crippen LogP contribution in [0.2, 0.25) is 0 Å². The van der Waals surface area contributed by atoms with Crippen LogP contribution in [-0.4, -0.2) is 22.4 Å². The maximum Gasteiger partial charge on any atom is 0.271 e. The highest BCUT2D eigenvalue weighted by atomic mass is 32.1.